The molecule has 10 heteroatoms. The molecule has 2 aliphatic heterocycles. The van der Waals surface area contributed by atoms with Gasteiger partial charge in [-0.25, -0.2) is 4.79 Å². The summed E-state index contributed by atoms with van der Waals surface area (Å²) in [4.78, 5) is 53.1. The number of piperidine rings is 1. The Labute approximate surface area is 280 Å². The molecule has 2 aromatic rings. The zero-order valence-electron chi connectivity index (χ0n) is 26.6. The molecule has 2 saturated carbocycles. The number of carbonyl (C=O) groups excluding carboxylic acids is 3. The summed E-state index contributed by atoms with van der Waals surface area (Å²) in [7, 11) is 0. The van der Waals surface area contributed by atoms with Crippen LogP contribution in [0.3, 0.4) is 0 Å². The van der Waals surface area contributed by atoms with Gasteiger partial charge in [-0.05, 0) is 68.2 Å². The van der Waals surface area contributed by atoms with Gasteiger partial charge < -0.3 is 20.6 Å². The third-order valence-corrected chi connectivity index (χ3v) is 10.7. The minimum absolute atomic E-state index is 0.0185. The SMILES string of the molecule is O=C(N[C@@H](CCN1CCC2(CC1)NC(=O)N(Cc1ccc(Br)cc1)C2=O)c1ccccc1)C1CCCCC1.O=C(O)C1CCCC1. The van der Waals surface area contributed by atoms with Crippen LogP contribution in [0.1, 0.15) is 94.2 Å². The highest BCUT2D eigenvalue weighted by Gasteiger charge is 2.52. The number of carboxylic acids is 1. The maximum absolute atomic E-state index is 13.4. The van der Waals surface area contributed by atoms with Gasteiger partial charge in [-0.2, -0.15) is 0 Å². The van der Waals surface area contributed by atoms with E-state index >= 15 is 0 Å². The summed E-state index contributed by atoms with van der Waals surface area (Å²) in [5.74, 6) is -0.437. The van der Waals surface area contributed by atoms with Crippen molar-refractivity contribution in [3.8, 4) is 0 Å². The molecule has 1 spiro atoms. The molecule has 0 radical (unpaired) electrons. The van der Waals surface area contributed by atoms with Gasteiger partial charge in [-0.15, -0.1) is 0 Å². The number of aliphatic carboxylic acids is 1. The Morgan fingerprint density at radius 3 is 2.11 bits per heavy atom. The lowest BCUT2D eigenvalue weighted by Crippen LogP contribution is -2.55. The minimum atomic E-state index is -0.809. The zero-order chi connectivity index (χ0) is 32.5. The first kappa shape index (κ1) is 34.1. The number of carboxylic acid groups (broad SMARTS) is 1. The van der Waals surface area contributed by atoms with Crippen molar-refractivity contribution in [2.24, 2.45) is 11.8 Å². The van der Waals surface area contributed by atoms with E-state index in [1.807, 2.05) is 42.5 Å². The van der Waals surface area contributed by atoms with E-state index < -0.39 is 11.5 Å². The molecule has 2 saturated heterocycles. The third kappa shape index (κ3) is 8.76. The molecule has 4 fully saturated rings. The summed E-state index contributed by atoms with van der Waals surface area (Å²) in [6.07, 6.45) is 11.5. The second-order valence-corrected chi connectivity index (χ2v) is 14.2. The predicted molar refractivity (Wildman–Crippen MR) is 180 cm³/mol. The lowest BCUT2D eigenvalue weighted by molar-refractivity contribution is -0.141. The standard InChI is InChI=1S/C30H37BrN4O3.C6H10O2/c31-25-13-11-22(12-14-25)21-35-28(37)30(33-29(35)38)16-19-34(20-17-30)18-15-26(23-7-3-1-4-8-23)32-27(36)24-9-5-2-6-10-24;7-6(8)5-3-1-2-4-5/h1,3-4,7-8,11-14,24,26H,2,5-6,9-10,15-21H2,(H,32,36)(H,33,38);5H,1-4H2,(H,7,8)/t26-;/m0./s1. The Morgan fingerprint density at radius 2 is 1.50 bits per heavy atom. The summed E-state index contributed by atoms with van der Waals surface area (Å²) in [5, 5.41) is 14.8. The summed E-state index contributed by atoms with van der Waals surface area (Å²) in [5.41, 5.74) is 1.25. The summed E-state index contributed by atoms with van der Waals surface area (Å²) in [6, 6.07) is 17.6. The Morgan fingerprint density at radius 1 is 0.891 bits per heavy atom. The van der Waals surface area contributed by atoms with Crippen LogP contribution in [-0.2, 0) is 20.9 Å². The number of nitrogens with zero attached hydrogens (tertiary/aromatic N) is 2. The smallest absolute Gasteiger partial charge is 0.325 e. The molecule has 2 aromatic carbocycles. The van der Waals surface area contributed by atoms with Crippen LogP contribution in [0.2, 0.25) is 0 Å². The van der Waals surface area contributed by atoms with Gasteiger partial charge in [-0.3, -0.25) is 19.3 Å². The summed E-state index contributed by atoms with van der Waals surface area (Å²) >= 11 is 3.42. The highest BCUT2D eigenvalue weighted by molar-refractivity contribution is 9.10. The van der Waals surface area contributed by atoms with E-state index in [4.69, 9.17) is 5.11 Å². The maximum Gasteiger partial charge on any atom is 0.325 e. The van der Waals surface area contributed by atoms with Crippen LogP contribution < -0.4 is 10.6 Å². The molecular formula is C36H47BrN4O5. The average molecular weight is 696 g/mol. The van der Waals surface area contributed by atoms with E-state index in [-0.39, 0.29) is 42.3 Å². The first-order chi connectivity index (χ1) is 22.2. The number of imide groups is 1. The van der Waals surface area contributed by atoms with Gasteiger partial charge in [0.25, 0.3) is 5.91 Å². The van der Waals surface area contributed by atoms with Crippen LogP contribution in [0.15, 0.2) is 59.1 Å². The maximum atomic E-state index is 13.4. The van der Waals surface area contributed by atoms with Crippen molar-refractivity contribution in [2.45, 2.75) is 95.2 Å². The first-order valence-corrected chi connectivity index (χ1v) is 17.7. The van der Waals surface area contributed by atoms with E-state index in [9.17, 15) is 19.2 Å². The van der Waals surface area contributed by atoms with E-state index in [1.165, 1.54) is 11.3 Å². The number of likely N-dealkylation sites (tertiary alicyclic amines) is 1. The molecule has 0 aromatic heterocycles. The number of rotatable bonds is 9. The van der Waals surface area contributed by atoms with E-state index in [2.05, 4.69) is 43.6 Å². The monoisotopic (exact) mass is 694 g/mol. The second kappa shape index (κ2) is 16.0. The van der Waals surface area contributed by atoms with Crippen LogP contribution in [0, 0.1) is 11.8 Å². The van der Waals surface area contributed by atoms with Gasteiger partial charge in [0.15, 0.2) is 0 Å². The molecule has 0 bridgehead atoms. The van der Waals surface area contributed by atoms with E-state index in [0.717, 1.165) is 93.0 Å². The molecule has 4 aliphatic rings. The lowest BCUT2D eigenvalue weighted by atomic mass is 9.87. The molecule has 4 amide bonds. The van der Waals surface area contributed by atoms with Crippen molar-refractivity contribution in [1.29, 1.82) is 0 Å². The van der Waals surface area contributed by atoms with Gasteiger partial charge in [0.1, 0.15) is 5.54 Å². The highest BCUT2D eigenvalue weighted by atomic mass is 79.9. The minimum Gasteiger partial charge on any atom is -0.481 e. The van der Waals surface area contributed by atoms with Crippen molar-refractivity contribution in [1.82, 2.24) is 20.4 Å². The third-order valence-electron chi connectivity index (χ3n) is 10.1. The summed E-state index contributed by atoms with van der Waals surface area (Å²) < 4.78 is 0.963. The fourth-order valence-electron chi connectivity index (χ4n) is 7.24. The van der Waals surface area contributed by atoms with Gasteiger partial charge >= 0.3 is 12.0 Å². The number of hydrogen-bond donors (Lipinski definition) is 3. The fourth-order valence-corrected chi connectivity index (χ4v) is 7.50. The Hall–Kier alpha value is -3.24. The van der Waals surface area contributed by atoms with Gasteiger partial charge in [-0.1, -0.05) is 90.5 Å². The predicted octanol–water partition coefficient (Wildman–Crippen LogP) is 6.42. The quantitative estimate of drug-likeness (QED) is 0.261. The molecular weight excluding hydrogens is 648 g/mol. The fraction of sp³-hybridized carbons (Fsp3) is 0.556. The van der Waals surface area contributed by atoms with Gasteiger partial charge in [0.05, 0.1) is 18.5 Å². The molecule has 3 N–H and O–H groups in total. The van der Waals surface area contributed by atoms with Crippen molar-refractivity contribution in [2.75, 3.05) is 19.6 Å². The van der Waals surface area contributed by atoms with Crippen LogP contribution in [0.25, 0.3) is 0 Å². The Balaban J connectivity index is 0.000000455. The van der Waals surface area contributed by atoms with Crippen LogP contribution in [0.5, 0.6) is 0 Å². The van der Waals surface area contributed by atoms with Gasteiger partial charge in [0.2, 0.25) is 5.91 Å². The lowest BCUT2D eigenvalue weighted by Gasteiger charge is -2.38. The average Bonchev–Trinajstić information content (AvgIpc) is 3.70. The number of amides is 4. The van der Waals surface area contributed by atoms with Crippen molar-refractivity contribution < 1.29 is 24.3 Å². The number of carbonyl (C=O) groups is 4. The second-order valence-electron chi connectivity index (χ2n) is 13.3. The normalized spacial score (nSPS) is 21.0. The van der Waals surface area contributed by atoms with Crippen LogP contribution in [-0.4, -0.2) is 63.9 Å². The zero-order valence-corrected chi connectivity index (χ0v) is 28.2. The van der Waals surface area contributed by atoms with Crippen molar-refractivity contribution >= 4 is 39.7 Å². The van der Waals surface area contributed by atoms with E-state index in [0.29, 0.717) is 12.8 Å². The Kier molecular flexibility index (Phi) is 11.9. The molecule has 1 atom stereocenters. The van der Waals surface area contributed by atoms with Crippen molar-refractivity contribution in [3.63, 3.8) is 0 Å². The van der Waals surface area contributed by atoms with Crippen LogP contribution in [0.4, 0.5) is 4.79 Å². The number of halogens is 1. The number of urea groups is 1. The highest BCUT2D eigenvalue weighted by Crippen LogP contribution is 2.32. The number of hydrogen-bond acceptors (Lipinski definition) is 5. The molecule has 2 heterocycles. The van der Waals surface area contributed by atoms with E-state index in [1.54, 1.807) is 0 Å². The number of nitrogens with one attached hydrogen (secondary N) is 2. The van der Waals surface area contributed by atoms with Crippen molar-refractivity contribution in [3.05, 3.63) is 70.2 Å². The molecule has 2 aliphatic carbocycles. The number of benzene rings is 2. The molecule has 9 nitrogen and oxygen atoms in total. The molecule has 46 heavy (non-hydrogen) atoms. The molecule has 6 rings (SSSR count). The van der Waals surface area contributed by atoms with Crippen LogP contribution >= 0.6 is 15.9 Å². The summed E-state index contributed by atoms with van der Waals surface area (Å²) in [6.45, 7) is 2.57. The molecule has 248 valence electrons. The first-order valence-electron chi connectivity index (χ1n) is 16.9. The topological polar surface area (TPSA) is 119 Å². The molecule has 0 unspecified atom stereocenters. The largest absolute Gasteiger partial charge is 0.481 e. The van der Waals surface area contributed by atoms with Gasteiger partial charge in [0, 0.05) is 30.0 Å². The Bertz CT molecular complexity index is 1330.